The molecule has 0 unspecified atom stereocenters. The highest BCUT2D eigenvalue weighted by atomic mass is 16.6. The molecule has 0 atom stereocenters. The molecular formula is C19H30N4O5. The summed E-state index contributed by atoms with van der Waals surface area (Å²) in [6.07, 6.45) is 3.27. The third-order valence-corrected chi connectivity index (χ3v) is 4.19. The van der Waals surface area contributed by atoms with Crippen LogP contribution in [-0.4, -0.2) is 79.1 Å². The van der Waals surface area contributed by atoms with Crippen LogP contribution < -0.4 is 10.6 Å². The number of piperazine rings is 1. The molecule has 1 aliphatic heterocycles. The summed E-state index contributed by atoms with van der Waals surface area (Å²) in [6.45, 7) is 9.73. The lowest BCUT2D eigenvalue weighted by Gasteiger charge is -2.35. The number of rotatable bonds is 7. The summed E-state index contributed by atoms with van der Waals surface area (Å²) in [5.74, 6) is -0.571. The van der Waals surface area contributed by atoms with Gasteiger partial charge in [0.25, 0.3) is 5.91 Å². The van der Waals surface area contributed by atoms with Gasteiger partial charge in [-0.15, -0.1) is 0 Å². The molecule has 156 valence electrons. The maximum Gasteiger partial charge on any atom is 0.410 e. The Labute approximate surface area is 165 Å². The van der Waals surface area contributed by atoms with Crippen LogP contribution in [0.25, 0.3) is 0 Å². The lowest BCUT2D eigenvalue weighted by molar-refractivity contribution is -0.120. The van der Waals surface area contributed by atoms with E-state index in [0.717, 1.165) is 26.1 Å². The Hall–Kier alpha value is -2.55. The average molecular weight is 394 g/mol. The van der Waals surface area contributed by atoms with E-state index >= 15 is 0 Å². The van der Waals surface area contributed by atoms with Crippen LogP contribution >= 0.6 is 0 Å². The van der Waals surface area contributed by atoms with Crippen LogP contribution in [-0.2, 0) is 9.53 Å². The van der Waals surface area contributed by atoms with Crippen molar-refractivity contribution in [3.05, 3.63) is 24.2 Å². The zero-order valence-corrected chi connectivity index (χ0v) is 16.8. The van der Waals surface area contributed by atoms with Crippen molar-refractivity contribution >= 4 is 17.9 Å². The Morgan fingerprint density at radius 2 is 1.86 bits per heavy atom. The van der Waals surface area contributed by atoms with E-state index in [9.17, 15) is 14.4 Å². The van der Waals surface area contributed by atoms with Gasteiger partial charge in [-0.1, -0.05) is 0 Å². The van der Waals surface area contributed by atoms with Crippen molar-refractivity contribution in [1.82, 2.24) is 20.4 Å². The number of nitrogens with zero attached hydrogens (tertiary/aromatic N) is 2. The summed E-state index contributed by atoms with van der Waals surface area (Å²) in [5.41, 5.74) is -0.0944. The van der Waals surface area contributed by atoms with E-state index < -0.39 is 5.60 Å². The molecule has 3 amide bonds. The Kier molecular flexibility index (Phi) is 7.86. The number of ether oxygens (including phenoxy) is 1. The smallest absolute Gasteiger partial charge is 0.410 e. The average Bonchev–Trinajstić information content (AvgIpc) is 3.17. The zero-order valence-electron chi connectivity index (χ0n) is 16.8. The number of amides is 3. The largest absolute Gasteiger partial charge is 0.472 e. The van der Waals surface area contributed by atoms with Crippen molar-refractivity contribution < 1.29 is 23.5 Å². The van der Waals surface area contributed by atoms with Crippen molar-refractivity contribution in [2.45, 2.75) is 32.8 Å². The molecule has 0 aromatic carbocycles. The molecule has 2 heterocycles. The molecule has 0 bridgehead atoms. The summed E-state index contributed by atoms with van der Waals surface area (Å²) >= 11 is 0. The third-order valence-electron chi connectivity index (χ3n) is 4.19. The molecular weight excluding hydrogens is 364 g/mol. The van der Waals surface area contributed by atoms with E-state index in [4.69, 9.17) is 9.15 Å². The fourth-order valence-corrected chi connectivity index (χ4v) is 2.73. The van der Waals surface area contributed by atoms with Gasteiger partial charge >= 0.3 is 6.09 Å². The van der Waals surface area contributed by atoms with E-state index in [2.05, 4.69) is 15.5 Å². The molecule has 2 N–H and O–H groups in total. The number of carbonyl (C=O) groups excluding carboxylic acids is 3. The predicted octanol–water partition coefficient (Wildman–Crippen LogP) is 1.07. The first-order valence-electron chi connectivity index (χ1n) is 9.52. The van der Waals surface area contributed by atoms with Gasteiger partial charge < -0.3 is 24.7 Å². The lowest BCUT2D eigenvalue weighted by atomic mass is 10.2. The van der Waals surface area contributed by atoms with Gasteiger partial charge in [0.1, 0.15) is 11.9 Å². The first-order valence-corrected chi connectivity index (χ1v) is 9.52. The van der Waals surface area contributed by atoms with E-state index in [1.54, 1.807) is 4.90 Å². The fourth-order valence-electron chi connectivity index (χ4n) is 2.73. The van der Waals surface area contributed by atoms with Crippen LogP contribution in [0.3, 0.4) is 0 Å². The summed E-state index contributed by atoms with van der Waals surface area (Å²) in [6, 6.07) is 1.54. The summed E-state index contributed by atoms with van der Waals surface area (Å²) in [7, 11) is 0. The molecule has 0 aliphatic carbocycles. The molecule has 1 saturated heterocycles. The van der Waals surface area contributed by atoms with Gasteiger partial charge in [0.05, 0.1) is 18.4 Å². The van der Waals surface area contributed by atoms with E-state index in [-0.39, 0.29) is 24.5 Å². The highest BCUT2D eigenvalue weighted by Crippen LogP contribution is 2.11. The molecule has 1 aromatic rings. The van der Waals surface area contributed by atoms with Crippen LogP contribution in [0.15, 0.2) is 23.0 Å². The van der Waals surface area contributed by atoms with E-state index in [0.29, 0.717) is 25.2 Å². The molecule has 0 saturated carbocycles. The van der Waals surface area contributed by atoms with Crippen molar-refractivity contribution in [3.8, 4) is 0 Å². The number of furan rings is 1. The number of nitrogens with one attached hydrogen (secondary N) is 2. The van der Waals surface area contributed by atoms with Gasteiger partial charge in [0.2, 0.25) is 5.91 Å². The van der Waals surface area contributed by atoms with Crippen LogP contribution in [0.4, 0.5) is 4.79 Å². The monoisotopic (exact) mass is 394 g/mol. The summed E-state index contributed by atoms with van der Waals surface area (Å²) in [5, 5.41) is 5.32. The van der Waals surface area contributed by atoms with E-state index in [1.165, 1.54) is 18.6 Å². The minimum atomic E-state index is -0.482. The fraction of sp³-hybridized carbons (Fsp3) is 0.632. The van der Waals surface area contributed by atoms with Crippen LogP contribution in [0.5, 0.6) is 0 Å². The Morgan fingerprint density at radius 1 is 1.14 bits per heavy atom. The van der Waals surface area contributed by atoms with Gasteiger partial charge in [-0.3, -0.25) is 14.5 Å². The molecule has 2 rings (SSSR count). The number of hydrogen-bond donors (Lipinski definition) is 2. The maximum atomic E-state index is 12.0. The van der Waals surface area contributed by atoms with Gasteiger partial charge in [0, 0.05) is 32.7 Å². The standard InChI is InChI=1S/C19H30N4O5/c1-19(2,3)28-18(26)23-10-8-22(9-11-23)7-4-6-20-16(24)13-21-17(25)15-5-12-27-14-15/h5,12,14H,4,6-11,13H2,1-3H3,(H,20,24)(H,21,25). The zero-order chi connectivity index (χ0) is 20.6. The lowest BCUT2D eigenvalue weighted by Crippen LogP contribution is -2.50. The minimum Gasteiger partial charge on any atom is -0.472 e. The SMILES string of the molecule is CC(C)(C)OC(=O)N1CCN(CCCNC(=O)CNC(=O)c2ccoc2)CC1. The predicted molar refractivity (Wildman–Crippen MR) is 103 cm³/mol. The first-order chi connectivity index (χ1) is 13.2. The quantitative estimate of drug-likeness (QED) is 0.671. The molecule has 0 spiro atoms. The molecule has 1 aromatic heterocycles. The van der Waals surface area contributed by atoms with Crippen LogP contribution in [0.2, 0.25) is 0 Å². The summed E-state index contributed by atoms with van der Waals surface area (Å²) in [4.78, 5) is 39.5. The highest BCUT2D eigenvalue weighted by Gasteiger charge is 2.25. The second kappa shape index (κ2) is 10.1. The Morgan fingerprint density at radius 3 is 2.46 bits per heavy atom. The molecule has 28 heavy (non-hydrogen) atoms. The van der Waals surface area contributed by atoms with Gasteiger partial charge in [-0.2, -0.15) is 0 Å². The van der Waals surface area contributed by atoms with E-state index in [1.807, 2.05) is 20.8 Å². The van der Waals surface area contributed by atoms with Gasteiger partial charge in [0.15, 0.2) is 0 Å². The molecule has 1 aliphatic rings. The molecule has 1 fully saturated rings. The molecule has 9 nitrogen and oxygen atoms in total. The van der Waals surface area contributed by atoms with Crippen LogP contribution in [0.1, 0.15) is 37.6 Å². The Bertz CT molecular complexity index is 646. The second-order valence-electron chi connectivity index (χ2n) is 7.71. The topological polar surface area (TPSA) is 104 Å². The first kappa shape index (κ1) is 21.7. The summed E-state index contributed by atoms with van der Waals surface area (Å²) < 4.78 is 10.2. The normalized spacial score (nSPS) is 15.2. The van der Waals surface area contributed by atoms with Gasteiger partial charge in [-0.25, -0.2) is 4.79 Å². The molecule has 0 radical (unpaired) electrons. The Balaban J connectivity index is 1.54. The van der Waals surface area contributed by atoms with Crippen LogP contribution in [0, 0.1) is 0 Å². The van der Waals surface area contributed by atoms with Gasteiger partial charge in [-0.05, 0) is 39.8 Å². The number of carbonyl (C=O) groups is 3. The van der Waals surface area contributed by atoms with Crippen molar-refractivity contribution in [3.63, 3.8) is 0 Å². The maximum absolute atomic E-state index is 12.0. The minimum absolute atomic E-state index is 0.0709. The van der Waals surface area contributed by atoms with Crippen molar-refractivity contribution in [1.29, 1.82) is 0 Å². The van der Waals surface area contributed by atoms with Crippen molar-refractivity contribution in [2.75, 3.05) is 45.8 Å². The van der Waals surface area contributed by atoms with Crippen molar-refractivity contribution in [2.24, 2.45) is 0 Å². The highest BCUT2D eigenvalue weighted by molar-refractivity contribution is 5.96. The second-order valence-corrected chi connectivity index (χ2v) is 7.71. The molecule has 9 heteroatoms. The number of hydrogen-bond acceptors (Lipinski definition) is 6. The third kappa shape index (κ3) is 7.59.